The predicted octanol–water partition coefficient (Wildman–Crippen LogP) is 5.49. The van der Waals surface area contributed by atoms with E-state index in [0.29, 0.717) is 41.0 Å². The van der Waals surface area contributed by atoms with Crippen molar-refractivity contribution in [3.05, 3.63) is 77.3 Å². The molecular weight excluding hydrogens is 442 g/mol. The number of fused-ring (bicyclic) bond motifs is 1. The number of urea groups is 1. The first-order chi connectivity index (χ1) is 15.9. The summed E-state index contributed by atoms with van der Waals surface area (Å²) in [6.45, 7) is 4.37. The number of halogens is 1. The third-order valence-corrected chi connectivity index (χ3v) is 5.35. The minimum Gasteiger partial charge on any atom is -0.492 e. The Balaban J connectivity index is 1.46. The standard InChI is InChI=1S/C25H24ClN3O4/c1-16-6-9-21(10-7-16)32-13-12-29-22-15-20(8-11-23(22)33-17(2)24(29)30)28-25(31)27-19-5-3-4-18(26)14-19/h3-11,14-15,17H,12-13H2,1-2H3,(H2,27,28,31). The Bertz CT molecular complexity index is 1170. The van der Waals surface area contributed by atoms with E-state index in [-0.39, 0.29) is 5.91 Å². The van der Waals surface area contributed by atoms with Crippen LogP contribution in [0.15, 0.2) is 66.7 Å². The van der Waals surface area contributed by atoms with E-state index < -0.39 is 12.1 Å². The van der Waals surface area contributed by atoms with Crippen molar-refractivity contribution in [1.29, 1.82) is 0 Å². The van der Waals surface area contributed by atoms with Crippen LogP contribution in [-0.4, -0.2) is 31.2 Å². The summed E-state index contributed by atoms with van der Waals surface area (Å²) in [5.74, 6) is 1.14. The number of hydrogen-bond acceptors (Lipinski definition) is 4. The van der Waals surface area contributed by atoms with E-state index in [1.807, 2.05) is 31.2 Å². The smallest absolute Gasteiger partial charge is 0.323 e. The average Bonchev–Trinajstić information content (AvgIpc) is 2.78. The molecule has 3 aromatic rings. The van der Waals surface area contributed by atoms with Crippen molar-refractivity contribution in [2.45, 2.75) is 20.0 Å². The largest absolute Gasteiger partial charge is 0.492 e. The molecule has 0 radical (unpaired) electrons. The molecule has 170 valence electrons. The number of aryl methyl sites for hydroxylation is 1. The highest BCUT2D eigenvalue weighted by molar-refractivity contribution is 6.30. The van der Waals surface area contributed by atoms with Gasteiger partial charge in [-0.2, -0.15) is 0 Å². The highest BCUT2D eigenvalue weighted by atomic mass is 35.5. The summed E-state index contributed by atoms with van der Waals surface area (Å²) in [6, 6.07) is 19.3. The molecule has 2 N–H and O–H groups in total. The van der Waals surface area contributed by atoms with E-state index in [1.54, 1.807) is 54.3 Å². The number of amides is 3. The topological polar surface area (TPSA) is 79.9 Å². The van der Waals surface area contributed by atoms with Gasteiger partial charge in [-0.25, -0.2) is 4.79 Å². The molecule has 8 heteroatoms. The number of nitrogens with one attached hydrogen (secondary N) is 2. The van der Waals surface area contributed by atoms with Gasteiger partial charge in [-0.15, -0.1) is 0 Å². The van der Waals surface area contributed by atoms with Crippen LogP contribution >= 0.6 is 11.6 Å². The molecule has 3 aromatic carbocycles. The maximum absolute atomic E-state index is 12.8. The van der Waals surface area contributed by atoms with Crippen LogP contribution in [0.2, 0.25) is 5.02 Å². The first-order valence-electron chi connectivity index (χ1n) is 10.5. The van der Waals surface area contributed by atoms with E-state index in [1.165, 1.54) is 0 Å². The molecule has 7 nitrogen and oxygen atoms in total. The normalized spacial score (nSPS) is 14.8. The second kappa shape index (κ2) is 9.83. The highest BCUT2D eigenvalue weighted by Gasteiger charge is 2.31. The number of rotatable bonds is 6. The van der Waals surface area contributed by atoms with Gasteiger partial charge < -0.3 is 25.0 Å². The van der Waals surface area contributed by atoms with Crippen LogP contribution in [0.3, 0.4) is 0 Å². The van der Waals surface area contributed by atoms with Gasteiger partial charge in [0.15, 0.2) is 6.10 Å². The van der Waals surface area contributed by atoms with Crippen molar-refractivity contribution in [2.24, 2.45) is 0 Å². The third kappa shape index (κ3) is 5.56. The molecule has 0 aromatic heterocycles. The Morgan fingerprint density at radius 3 is 2.52 bits per heavy atom. The monoisotopic (exact) mass is 465 g/mol. The summed E-state index contributed by atoms with van der Waals surface area (Å²) in [7, 11) is 0. The maximum atomic E-state index is 12.8. The zero-order valence-corrected chi connectivity index (χ0v) is 19.1. The van der Waals surface area contributed by atoms with Crippen LogP contribution in [0.4, 0.5) is 21.9 Å². The molecule has 1 heterocycles. The van der Waals surface area contributed by atoms with Crippen LogP contribution in [0.5, 0.6) is 11.5 Å². The van der Waals surface area contributed by atoms with Crippen molar-refractivity contribution in [3.8, 4) is 11.5 Å². The Labute approximate surface area is 197 Å². The molecule has 1 aliphatic heterocycles. The Morgan fingerprint density at radius 1 is 1.06 bits per heavy atom. The van der Waals surface area contributed by atoms with Crippen LogP contribution in [0, 0.1) is 6.92 Å². The Morgan fingerprint density at radius 2 is 1.79 bits per heavy atom. The van der Waals surface area contributed by atoms with E-state index >= 15 is 0 Å². The third-order valence-electron chi connectivity index (χ3n) is 5.11. The zero-order valence-electron chi connectivity index (χ0n) is 18.3. The summed E-state index contributed by atoms with van der Waals surface area (Å²) >= 11 is 5.96. The summed E-state index contributed by atoms with van der Waals surface area (Å²) in [5, 5.41) is 6.03. The van der Waals surface area contributed by atoms with Gasteiger partial charge in [-0.1, -0.05) is 35.4 Å². The molecule has 0 saturated carbocycles. The fourth-order valence-corrected chi connectivity index (χ4v) is 3.65. The fourth-order valence-electron chi connectivity index (χ4n) is 3.46. The molecule has 0 spiro atoms. The van der Waals surface area contributed by atoms with Crippen molar-refractivity contribution < 1.29 is 19.1 Å². The summed E-state index contributed by atoms with van der Waals surface area (Å²) in [5.41, 5.74) is 2.81. The Hall–Kier alpha value is -3.71. The van der Waals surface area contributed by atoms with Gasteiger partial charge in [0.2, 0.25) is 0 Å². The lowest BCUT2D eigenvalue weighted by molar-refractivity contribution is -0.125. The van der Waals surface area contributed by atoms with Crippen LogP contribution < -0.4 is 25.0 Å². The summed E-state index contributed by atoms with van der Waals surface area (Å²) in [4.78, 5) is 26.9. The van der Waals surface area contributed by atoms with Gasteiger partial charge in [-0.3, -0.25) is 4.79 Å². The molecule has 0 aliphatic carbocycles. The molecule has 4 rings (SSSR count). The lowest BCUT2D eigenvalue weighted by Gasteiger charge is -2.33. The lowest BCUT2D eigenvalue weighted by atomic mass is 10.1. The summed E-state index contributed by atoms with van der Waals surface area (Å²) in [6.07, 6.45) is -0.609. The quantitative estimate of drug-likeness (QED) is 0.504. The molecule has 1 aliphatic rings. The van der Waals surface area contributed by atoms with Crippen LogP contribution in [-0.2, 0) is 4.79 Å². The van der Waals surface area contributed by atoms with E-state index in [0.717, 1.165) is 11.3 Å². The minimum absolute atomic E-state index is 0.171. The molecule has 3 amide bonds. The molecular formula is C25H24ClN3O4. The van der Waals surface area contributed by atoms with Crippen molar-refractivity contribution >= 4 is 40.6 Å². The van der Waals surface area contributed by atoms with Crippen molar-refractivity contribution in [1.82, 2.24) is 0 Å². The van der Waals surface area contributed by atoms with Crippen LogP contribution in [0.1, 0.15) is 12.5 Å². The van der Waals surface area contributed by atoms with Gasteiger partial charge in [0.25, 0.3) is 5.91 Å². The number of carbonyl (C=O) groups is 2. The molecule has 0 bridgehead atoms. The van der Waals surface area contributed by atoms with E-state index in [9.17, 15) is 9.59 Å². The number of ether oxygens (including phenoxy) is 2. The van der Waals surface area contributed by atoms with Gasteiger partial charge in [-0.05, 0) is 62.4 Å². The highest BCUT2D eigenvalue weighted by Crippen LogP contribution is 2.36. The first kappa shape index (κ1) is 22.5. The van der Waals surface area contributed by atoms with E-state index in [2.05, 4.69) is 10.6 Å². The average molecular weight is 466 g/mol. The maximum Gasteiger partial charge on any atom is 0.323 e. The predicted molar refractivity (Wildman–Crippen MR) is 130 cm³/mol. The SMILES string of the molecule is Cc1ccc(OCCN2C(=O)C(C)Oc3ccc(NC(=O)Nc4cccc(Cl)c4)cc32)cc1. The Kier molecular flexibility index (Phi) is 6.70. The number of benzene rings is 3. The molecule has 0 saturated heterocycles. The van der Waals surface area contributed by atoms with Gasteiger partial charge >= 0.3 is 6.03 Å². The van der Waals surface area contributed by atoms with Gasteiger partial charge in [0.05, 0.1) is 12.2 Å². The number of nitrogens with zero attached hydrogens (tertiary/aromatic N) is 1. The number of carbonyl (C=O) groups excluding carboxylic acids is 2. The van der Waals surface area contributed by atoms with Crippen molar-refractivity contribution in [2.75, 3.05) is 28.7 Å². The number of anilines is 3. The van der Waals surface area contributed by atoms with Crippen LogP contribution in [0.25, 0.3) is 0 Å². The minimum atomic E-state index is -0.609. The second-order valence-corrected chi connectivity index (χ2v) is 8.12. The summed E-state index contributed by atoms with van der Waals surface area (Å²) < 4.78 is 11.6. The van der Waals surface area contributed by atoms with E-state index in [4.69, 9.17) is 21.1 Å². The molecule has 0 fully saturated rings. The van der Waals surface area contributed by atoms with Gasteiger partial charge in [0.1, 0.15) is 18.1 Å². The van der Waals surface area contributed by atoms with Gasteiger partial charge in [0, 0.05) is 16.4 Å². The number of hydrogen-bond donors (Lipinski definition) is 2. The lowest BCUT2D eigenvalue weighted by Crippen LogP contribution is -2.46. The molecule has 33 heavy (non-hydrogen) atoms. The molecule has 1 unspecified atom stereocenters. The fraction of sp³-hybridized carbons (Fsp3) is 0.200. The first-order valence-corrected chi connectivity index (χ1v) is 10.9. The zero-order chi connectivity index (χ0) is 23.4. The second-order valence-electron chi connectivity index (χ2n) is 7.68. The molecule has 1 atom stereocenters. The van der Waals surface area contributed by atoms with Crippen molar-refractivity contribution in [3.63, 3.8) is 0 Å².